The van der Waals surface area contributed by atoms with Gasteiger partial charge in [0.2, 0.25) is 10.0 Å². The normalized spacial score (nSPS) is 26.6. The Kier molecular flexibility index (Phi) is 5.02. The van der Waals surface area contributed by atoms with E-state index in [2.05, 4.69) is 10.0 Å². The minimum absolute atomic E-state index is 0.00774. The highest BCUT2D eigenvalue weighted by atomic mass is 32.2. The van der Waals surface area contributed by atoms with Gasteiger partial charge in [-0.2, -0.15) is 13.2 Å². The van der Waals surface area contributed by atoms with Crippen molar-refractivity contribution in [3.8, 4) is 0 Å². The molecule has 0 amide bonds. The molecule has 18 heavy (non-hydrogen) atoms. The van der Waals surface area contributed by atoms with Crippen LogP contribution >= 0.6 is 0 Å². The highest BCUT2D eigenvalue weighted by molar-refractivity contribution is 7.89. The van der Waals surface area contributed by atoms with Gasteiger partial charge < -0.3 is 5.32 Å². The molecule has 1 fully saturated rings. The lowest BCUT2D eigenvalue weighted by atomic mass is 10.0. The zero-order chi connectivity index (χ0) is 14.0. The van der Waals surface area contributed by atoms with Crippen molar-refractivity contribution in [1.82, 2.24) is 10.0 Å². The number of halogens is 3. The van der Waals surface area contributed by atoms with E-state index in [-0.39, 0.29) is 31.1 Å². The Hall–Kier alpha value is -0.340. The largest absolute Gasteiger partial charge is 0.403 e. The molecule has 4 nitrogen and oxygen atoms in total. The molecule has 0 saturated carbocycles. The molecular formula is C10H19F3N2O2S. The fourth-order valence-corrected chi connectivity index (χ4v) is 3.66. The molecule has 8 heteroatoms. The van der Waals surface area contributed by atoms with Crippen molar-refractivity contribution in [2.75, 3.05) is 12.3 Å². The van der Waals surface area contributed by atoms with Crippen molar-refractivity contribution >= 4 is 10.0 Å². The number of hydrogen-bond acceptors (Lipinski definition) is 3. The van der Waals surface area contributed by atoms with Gasteiger partial charge in [-0.25, -0.2) is 13.1 Å². The van der Waals surface area contributed by atoms with Crippen molar-refractivity contribution in [3.05, 3.63) is 0 Å². The molecule has 1 aliphatic rings. The first kappa shape index (κ1) is 15.7. The number of rotatable bonds is 4. The summed E-state index contributed by atoms with van der Waals surface area (Å²) in [6.07, 6.45) is -4.16. The molecule has 1 saturated heterocycles. The van der Waals surface area contributed by atoms with Gasteiger partial charge in [-0.15, -0.1) is 0 Å². The Balaban J connectivity index is 2.45. The van der Waals surface area contributed by atoms with Crippen LogP contribution in [0, 0.1) is 5.92 Å². The molecule has 2 N–H and O–H groups in total. The molecule has 108 valence electrons. The molecule has 1 rings (SSSR count). The molecule has 1 aliphatic heterocycles. The second-order valence-corrected chi connectivity index (χ2v) is 6.87. The van der Waals surface area contributed by atoms with E-state index in [1.807, 2.05) is 0 Å². The highest BCUT2D eigenvalue weighted by Gasteiger charge is 2.41. The predicted octanol–water partition coefficient (Wildman–Crippen LogP) is 1.24. The summed E-state index contributed by atoms with van der Waals surface area (Å²) in [6.45, 7) is 3.57. The van der Waals surface area contributed by atoms with Gasteiger partial charge in [-0.3, -0.25) is 0 Å². The average Bonchev–Trinajstić information content (AvgIpc) is 2.13. The fraction of sp³-hybridized carbons (Fsp3) is 1.00. The summed E-state index contributed by atoms with van der Waals surface area (Å²) in [5, 5.41) is 2.33. The first-order chi connectivity index (χ1) is 8.10. The van der Waals surface area contributed by atoms with Crippen molar-refractivity contribution in [2.45, 2.75) is 44.9 Å². The number of nitrogens with one attached hydrogen (secondary N) is 2. The molecule has 2 unspecified atom stereocenters. The smallest absolute Gasteiger partial charge is 0.305 e. The van der Waals surface area contributed by atoms with Crippen LogP contribution in [0.15, 0.2) is 0 Å². The molecule has 1 heterocycles. The average molecular weight is 288 g/mol. The Morgan fingerprint density at radius 3 is 2.33 bits per heavy atom. The molecule has 0 aromatic carbocycles. The topological polar surface area (TPSA) is 58.2 Å². The summed E-state index contributed by atoms with van der Waals surface area (Å²) in [4.78, 5) is 0. The molecule has 0 spiro atoms. The van der Waals surface area contributed by atoms with E-state index in [0.29, 0.717) is 0 Å². The van der Waals surface area contributed by atoms with Crippen molar-refractivity contribution < 1.29 is 21.6 Å². The first-order valence-corrected chi connectivity index (χ1v) is 7.55. The third-order valence-electron chi connectivity index (χ3n) is 2.71. The third kappa shape index (κ3) is 5.11. The molecule has 0 aromatic heterocycles. The summed E-state index contributed by atoms with van der Waals surface area (Å²) < 4.78 is 62.8. The lowest BCUT2D eigenvalue weighted by Gasteiger charge is -2.31. The van der Waals surface area contributed by atoms with E-state index in [1.165, 1.54) is 0 Å². The van der Waals surface area contributed by atoms with Gasteiger partial charge in [0.05, 0.1) is 5.75 Å². The van der Waals surface area contributed by atoms with Gasteiger partial charge in [0.15, 0.2) is 0 Å². The lowest BCUT2D eigenvalue weighted by molar-refractivity contribution is -0.160. The molecule has 0 bridgehead atoms. The maximum atomic E-state index is 12.4. The Morgan fingerprint density at radius 2 is 1.94 bits per heavy atom. The van der Waals surface area contributed by atoms with Gasteiger partial charge in [0, 0.05) is 12.6 Å². The maximum Gasteiger partial charge on any atom is 0.403 e. The fourth-order valence-electron chi connectivity index (χ4n) is 1.98. The zero-order valence-electron chi connectivity index (χ0n) is 10.4. The van der Waals surface area contributed by atoms with Crippen LogP contribution in [0.1, 0.15) is 26.7 Å². The first-order valence-electron chi connectivity index (χ1n) is 5.90. The molecule has 0 radical (unpaired) electrons. The molecule has 0 aromatic rings. The Morgan fingerprint density at radius 1 is 1.33 bits per heavy atom. The van der Waals surface area contributed by atoms with Crippen molar-refractivity contribution in [2.24, 2.45) is 5.92 Å². The van der Waals surface area contributed by atoms with Gasteiger partial charge in [0.1, 0.15) is 6.04 Å². The SMILES string of the molecule is CC(C)CS(=O)(=O)NC1CCC(C(F)(F)F)NC1. The van der Waals surface area contributed by atoms with E-state index < -0.39 is 28.3 Å². The molecule has 0 aliphatic carbocycles. The highest BCUT2D eigenvalue weighted by Crippen LogP contribution is 2.26. The van der Waals surface area contributed by atoms with Crippen LogP contribution < -0.4 is 10.0 Å². The van der Waals surface area contributed by atoms with E-state index >= 15 is 0 Å². The van der Waals surface area contributed by atoms with Crippen molar-refractivity contribution in [3.63, 3.8) is 0 Å². The quantitative estimate of drug-likeness (QED) is 0.818. The van der Waals surface area contributed by atoms with Crippen LogP contribution in [-0.2, 0) is 10.0 Å². The van der Waals surface area contributed by atoms with Crippen LogP contribution in [0.5, 0.6) is 0 Å². The monoisotopic (exact) mass is 288 g/mol. The van der Waals surface area contributed by atoms with Crippen molar-refractivity contribution in [1.29, 1.82) is 0 Å². The van der Waals surface area contributed by atoms with Crippen LogP contribution in [0.25, 0.3) is 0 Å². The van der Waals surface area contributed by atoms with E-state index in [9.17, 15) is 21.6 Å². The van der Waals surface area contributed by atoms with Gasteiger partial charge in [0.25, 0.3) is 0 Å². The van der Waals surface area contributed by atoms with Crippen LogP contribution in [0.3, 0.4) is 0 Å². The Bertz CT molecular complexity index is 360. The van der Waals surface area contributed by atoms with Gasteiger partial charge in [-0.1, -0.05) is 13.8 Å². The minimum Gasteiger partial charge on any atom is -0.305 e. The standard InChI is InChI=1S/C10H19F3N2O2S/c1-7(2)6-18(16,17)15-8-3-4-9(14-5-8)10(11,12)13/h7-9,14-15H,3-6H2,1-2H3. The second-order valence-electron chi connectivity index (χ2n) is 5.07. The number of sulfonamides is 1. The maximum absolute atomic E-state index is 12.4. The number of hydrogen-bond donors (Lipinski definition) is 2. The Labute approximate surface area is 105 Å². The lowest BCUT2D eigenvalue weighted by Crippen LogP contribution is -2.54. The summed E-state index contributed by atoms with van der Waals surface area (Å²) in [6, 6.07) is -1.98. The van der Waals surface area contributed by atoms with Crippen LogP contribution in [-0.4, -0.2) is 39.0 Å². The van der Waals surface area contributed by atoms with Gasteiger partial charge in [-0.05, 0) is 18.8 Å². The van der Waals surface area contributed by atoms with Gasteiger partial charge >= 0.3 is 6.18 Å². The van der Waals surface area contributed by atoms with E-state index in [4.69, 9.17) is 0 Å². The number of alkyl halides is 3. The van der Waals surface area contributed by atoms with E-state index in [0.717, 1.165) is 0 Å². The zero-order valence-corrected chi connectivity index (χ0v) is 11.2. The van der Waals surface area contributed by atoms with Crippen LogP contribution in [0.4, 0.5) is 13.2 Å². The molecular weight excluding hydrogens is 269 g/mol. The third-order valence-corrected chi connectivity index (χ3v) is 4.51. The summed E-state index contributed by atoms with van der Waals surface area (Å²) >= 11 is 0. The number of piperidine rings is 1. The summed E-state index contributed by atoms with van der Waals surface area (Å²) in [5.41, 5.74) is 0. The second kappa shape index (κ2) is 5.75. The summed E-state index contributed by atoms with van der Waals surface area (Å²) in [5.74, 6) is -0.0198. The van der Waals surface area contributed by atoms with E-state index in [1.54, 1.807) is 13.8 Å². The van der Waals surface area contributed by atoms with Crippen LogP contribution in [0.2, 0.25) is 0 Å². The summed E-state index contributed by atoms with van der Waals surface area (Å²) in [7, 11) is -3.40. The molecule has 2 atom stereocenters. The predicted molar refractivity (Wildman–Crippen MR) is 62.6 cm³/mol. The minimum atomic E-state index is -4.26.